The molecule has 3 aromatic rings. The highest BCUT2D eigenvalue weighted by molar-refractivity contribution is 5.81. The second-order valence-electron chi connectivity index (χ2n) is 4.75. The van der Waals surface area contributed by atoms with Crippen molar-refractivity contribution in [3.63, 3.8) is 0 Å². The average molecular weight is 253 g/mol. The van der Waals surface area contributed by atoms with Crippen LogP contribution >= 0.6 is 0 Å². The number of imidazole rings is 1. The molecule has 5 nitrogen and oxygen atoms in total. The molecule has 0 atom stereocenters. The lowest BCUT2D eigenvalue weighted by Crippen LogP contribution is -1.95. The summed E-state index contributed by atoms with van der Waals surface area (Å²) in [4.78, 5) is 15.7. The number of fused-ring (bicyclic) bond motifs is 1. The molecule has 2 aromatic heterocycles. The first-order valence-corrected chi connectivity index (χ1v) is 6.14. The van der Waals surface area contributed by atoms with E-state index in [0.717, 1.165) is 12.2 Å². The number of aromatic nitrogens is 4. The summed E-state index contributed by atoms with van der Waals surface area (Å²) < 4.78 is 0. The predicted octanol–water partition coefficient (Wildman–Crippen LogP) is 2.14. The maximum Gasteiger partial charge on any atom is 0.183 e. The number of hydrogen-bond donors (Lipinski definition) is 2. The molecule has 1 aromatic carbocycles. The van der Waals surface area contributed by atoms with E-state index in [1.807, 2.05) is 0 Å². The number of nitrogen functional groups attached to an aromatic ring is 1. The van der Waals surface area contributed by atoms with Crippen molar-refractivity contribution in [2.75, 3.05) is 5.73 Å². The Morgan fingerprint density at radius 2 is 2.05 bits per heavy atom. The fourth-order valence-electron chi connectivity index (χ4n) is 2.15. The Morgan fingerprint density at radius 1 is 1.21 bits per heavy atom. The third-order valence-corrected chi connectivity index (χ3v) is 3.23. The van der Waals surface area contributed by atoms with Crippen molar-refractivity contribution in [3.05, 3.63) is 47.0 Å². The summed E-state index contributed by atoms with van der Waals surface area (Å²) >= 11 is 0. The molecule has 0 amide bonds. The lowest BCUT2D eigenvalue weighted by atomic mass is 10.0. The van der Waals surface area contributed by atoms with Crippen molar-refractivity contribution >= 4 is 17.0 Å². The van der Waals surface area contributed by atoms with Crippen molar-refractivity contribution in [1.82, 2.24) is 19.9 Å². The van der Waals surface area contributed by atoms with Crippen LogP contribution in [0.3, 0.4) is 0 Å². The van der Waals surface area contributed by atoms with Crippen molar-refractivity contribution < 1.29 is 0 Å². The molecule has 0 radical (unpaired) electrons. The molecule has 3 rings (SSSR count). The predicted molar refractivity (Wildman–Crippen MR) is 74.8 cm³/mol. The van der Waals surface area contributed by atoms with Crippen LogP contribution in [-0.4, -0.2) is 19.9 Å². The van der Waals surface area contributed by atoms with E-state index in [1.54, 1.807) is 0 Å². The summed E-state index contributed by atoms with van der Waals surface area (Å²) in [5.74, 6) is 1.29. The van der Waals surface area contributed by atoms with Gasteiger partial charge in [0.1, 0.15) is 17.7 Å². The summed E-state index contributed by atoms with van der Waals surface area (Å²) in [5, 5.41) is 0. The van der Waals surface area contributed by atoms with Gasteiger partial charge in [-0.3, -0.25) is 0 Å². The average Bonchev–Trinajstić information content (AvgIpc) is 2.78. The lowest BCUT2D eigenvalue weighted by Gasteiger charge is -2.04. The number of nitrogens with zero attached hydrogens (tertiary/aromatic N) is 3. The number of H-pyrrole nitrogens is 1. The number of nitrogens with one attached hydrogen (secondary N) is 1. The SMILES string of the molecule is Cc1ccc(C)c(Cc2nc3ncnc(N)c3[nH]2)c1. The number of nitrogens with two attached hydrogens (primary N) is 1. The van der Waals surface area contributed by atoms with E-state index in [0.29, 0.717) is 17.0 Å². The van der Waals surface area contributed by atoms with Gasteiger partial charge >= 0.3 is 0 Å². The molecule has 19 heavy (non-hydrogen) atoms. The van der Waals surface area contributed by atoms with Gasteiger partial charge in [-0.2, -0.15) is 0 Å². The Morgan fingerprint density at radius 3 is 2.84 bits per heavy atom. The monoisotopic (exact) mass is 253 g/mol. The third-order valence-electron chi connectivity index (χ3n) is 3.23. The molecule has 0 spiro atoms. The fourth-order valence-corrected chi connectivity index (χ4v) is 2.15. The van der Waals surface area contributed by atoms with Gasteiger partial charge in [-0.25, -0.2) is 15.0 Å². The molecular weight excluding hydrogens is 238 g/mol. The van der Waals surface area contributed by atoms with Crippen molar-refractivity contribution in [3.8, 4) is 0 Å². The molecule has 0 fully saturated rings. The van der Waals surface area contributed by atoms with Crippen LogP contribution < -0.4 is 5.73 Å². The second kappa shape index (κ2) is 4.35. The van der Waals surface area contributed by atoms with Gasteiger partial charge in [0.2, 0.25) is 0 Å². The standard InChI is InChI=1S/C14H15N5/c1-8-3-4-9(2)10(5-8)6-11-18-12-13(15)16-7-17-14(12)19-11/h3-5,7H,6H2,1-2H3,(H3,15,16,17,18,19). The zero-order valence-electron chi connectivity index (χ0n) is 10.9. The molecule has 0 unspecified atom stereocenters. The van der Waals surface area contributed by atoms with Gasteiger partial charge in [-0.05, 0) is 25.0 Å². The van der Waals surface area contributed by atoms with Crippen molar-refractivity contribution in [2.45, 2.75) is 20.3 Å². The molecule has 96 valence electrons. The quantitative estimate of drug-likeness (QED) is 0.733. The van der Waals surface area contributed by atoms with Crippen LogP contribution in [0.1, 0.15) is 22.5 Å². The minimum Gasteiger partial charge on any atom is -0.382 e. The number of benzene rings is 1. The molecule has 2 heterocycles. The van der Waals surface area contributed by atoms with Gasteiger partial charge in [0, 0.05) is 6.42 Å². The van der Waals surface area contributed by atoms with E-state index < -0.39 is 0 Å². The maximum absolute atomic E-state index is 5.79. The normalized spacial score (nSPS) is 11.1. The molecule has 0 saturated carbocycles. The van der Waals surface area contributed by atoms with Crippen LogP contribution in [0.5, 0.6) is 0 Å². The summed E-state index contributed by atoms with van der Waals surface area (Å²) in [6.07, 6.45) is 2.17. The number of anilines is 1. The molecule has 0 aliphatic heterocycles. The molecule has 5 heteroatoms. The van der Waals surface area contributed by atoms with Crippen LogP contribution in [0, 0.1) is 13.8 Å². The first-order valence-electron chi connectivity index (χ1n) is 6.14. The number of aryl methyl sites for hydroxylation is 2. The van der Waals surface area contributed by atoms with E-state index >= 15 is 0 Å². The summed E-state index contributed by atoms with van der Waals surface area (Å²) in [5.41, 5.74) is 10.9. The molecule has 3 N–H and O–H groups in total. The summed E-state index contributed by atoms with van der Waals surface area (Å²) in [7, 11) is 0. The van der Waals surface area contributed by atoms with E-state index in [1.165, 1.54) is 23.0 Å². The molecule has 0 aliphatic rings. The maximum atomic E-state index is 5.79. The number of rotatable bonds is 2. The number of aromatic amines is 1. The Labute approximate surface area is 110 Å². The van der Waals surface area contributed by atoms with Gasteiger partial charge in [-0.1, -0.05) is 23.8 Å². The van der Waals surface area contributed by atoms with Crippen LogP contribution in [-0.2, 0) is 6.42 Å². The topological polar surface area (TPSA) is 80.5 Å². The minimum atomic E-state index is 0.435. The zero-order chi connectivity index (χ0) is 13.4. The van der Waals surface area contributed by atoms with Crippen LogP contribution in [0.4, 0.5) is 5.82 Å². The first kappa shape index (κ1) is 11.6. The summed E-state index contributed by atoms with van der Waals surface area (Å²) in [6.45, 7) is 4.19. The van der Waals surface area contributed by atoms with E-state index in [2.05, 4.69) is 52.0 Å². The van der Waals surface area contributed by atoms with Crippen LogP contribution in [0.2, 0.25) is 0 Å². The van der Waals surface area contributed by atoms with Gasteiger partial charge in [0.05, 0.1) is 0 Å². The van der Waals surface area contributed by atoms with Crippen LogP contribution in [0.15, 0.2) is 24.5 Å². The Balaban J connectivity index is 2.01. The van der Waals surface area contributed by atoms with Gasteiger partial charge in [0.25, 0.3) is 0 Å². The van der Waals surface area contributed by atoms with Gasteiger partial charge < -0.3 is 10.7 Å². The van der Waals surface area contributed by atoms with E-state index in [4.69, 9.17) is 5.73 Å². The Hall–Kier alpha value is -2.43. The first-order chi connectivity index (χ1) is 9.13. The highest BCUT2D eigenvalue weighted by atomic mass is 15.0. The second-order valence-corrected chi connectivity index (χ2v) is 4.75. The molecular formula is C14H15N5. The lowest BCUT2D eigenvalue weighted by molar-refractivity contribution is 1.02. The Kier molecular flexibility index (Phi) is 2.67. The van der Waals surface area contributed by atoms with Crippen molar-refractivity contribution in [2.24, 2.45) is 0 Å². The molecule has 0 bridgehead atoms. The Bertz CT molecular complexity index is 745. The summed E-state index contributed by atoms with van der Waals surface area (Å²) in [6, 6.07) is 6.42. The third kappa shape index (κ3) is 2.14. The number of hydrogen-bond acceptors (Lipinski definition) is 4. The van der Waals surface area contributed by atoms with E-state index in [-0.39, 0.29) is 0 Å². The fraction of sp³-hybridized carbons (Fsp3) is 0.214. The van der Waals surface area contributed by atoms with E-state index in [9.17, 15) is 0 Å². The molecule has 0 aliphatic carbocycles. The van der Waals surface area contributed by atoms with Crippen molar-refractivity contribution in [1.29, 1.82) is 0 Å². The minimum absolute atomic E-state index is 0.435. The zero-order valence-corrected chi connectivity index (χ0v) is 10.9. The largest absolute Gasteiger partial charge is 0.382 e. The van der Waals surface area contributed by atoms with Gasteiger partial charge in [-0.15, -0.1) is 0 Å². The highest BCUT2D eigenvalue weighted by Gasteiger charge is 2.09. The van der Waals surface area contributed by atoms with Gasteiger partial charge in [0.15, 0.2) is 11.5 Å². The van der Waals surface area contributed by atoms with Crippen LogP contribution in [0.25, 0.3) is 11.2 Å². The smallest absolute Gasteiger partial charge is 0.183 e. The molecule has 0 saturated heterocycles. The highest BCUT2D eigenvalue weighted by Crippen LogP contribution is 2.18.